The molecule has 2 N–H and O–H groups in total. The molecule has 1 saturated carbocycles. The van der Waals surface area contributed by atoms with E-state index in [0.717, 1.165) is 29.0 Å². The Labute approximate surface area is 139 Å². The van der Waals surface area contributed by atoms with Crippen molar-refractivity contribution in [2.24, 2.45) is 5.92 Å². The molecule has 0 aliphatic heterocycles. The van der Waals surface area contributed by atoms with Crippen LogP contribution in [0, 0.1) is 19.8 Å². The summed E-state index contributed by atoms with van der Waals surface area (Å²) < 4.78 is 0. The molecule has 1 aliphatic carbocycles. The molecule has 124 valence electrons. The monoisotopic (exact) mass is 312 g/mol. The zero-order chi connectivity index (χ0) is 16.7. The van der Waals surface area contributed by atoms with Crippen LogP contribution in [-0.2, 0) is 6.42 Å². The Balaban J connectivity index is 0.000000185. The van der Waals surface area contributed by atoms with Gasteiger partial charge in [0.15, 0.2) is 0 Å². The summed E-state index contributed by atoms with van der Waals surface area (Å²) in [6.07, 6.45) is 7.89. The predicted molar refractivity (Wildman–Crippen MR) is 96.0 cm³/mol. The van der Waals surface area contributed by atoms with Crippen LogP contribution < -0.4 is 0 Å². The number of phenols is 2. The molecule has 0 amide bonds. The molecule has 0 aromatic heterocycles. The third-order valence-electron chi connectivity index (χ3n) is 4.66. The number of hydrogen-bond donors (Lipinski definition) is 2. The van der Waals surface area contributed by atoms with Crippen molar-refractivity contribution in [3.05, 3.63) is 59.2 Å². The molecule has 1 aliphatic rings. The van der Waals surface area contributed by atoms with E-state index in [4.69, 9.17) is 0 Å². The van der Waals surface area contributed by atoms with Crippen molar-refractivity contribution < 1.29 is 10.2 Å². The molecule has 2 aromatic rings. The van der Waals surface area contributed by atoms with Gasteiger partial charge in [-0.3, -0.25) is 0 Å². The maximum atomic E-state index is 9.64. The molecule has 0 saturated heterocycles. The summed E-state index contributed by atoms with van der Waals surface area (Å²) in [6.45, 7) is 3.78. The molecule has 2 aromatic carbocycles. The van der Waals surface area contributed by atoms with E-state index < -0.39 is 0 Å². The standard InChI is InChI=1S/C13H18O.C8H10O/c14-13-9-5-4-8-12(13)10-11-6-2-1-3-7-11;1-6-4-3-5-7(2)8(6)9/h4-5,8-9,11,14H,1-3,6-7,10H2;3-5,9H,1-2H3. The fraction of sp³-hybridized carbons (Fsp3) is 0.429. The van der Waals surface area contributed by atoms with E-state index in [1.165, 1.54) is 32.1 Å². The Morgan fingerprint density at radius 1 is 0.826 bits per heavy atom. The summed E-state index contributed by atoms with van der Waals surface area (Å²) in [4.78, 5) is 0. The van der Waals surface area contributed by atoms with Crippen LogP contribution in [0.15, 0.2) is 42.5 Å². The lowest BCUT2D eigenvalue weighted by Gasteiger charge is -2.21. The summed E-state index contributed by atoms with van der Waals surface area (Å²) in [5.74, 6) is 1.69. The number of phenolic OH excluding ortho intramolecular Hbond substituents is 2. The van der Waals surface area contributed by atoms with Crippen LogP contribution in [0.5, 0.6) is 11.5 Å². The Morgan fingerprint density at radius 2 is 1.43 bits per heavy atom. The van der Waals surface area contributed by atoms with Gasteiger partial charge in [-0.05, 0) is 48.9 Å². The maximum Gasteiger partial charge on any atom is 0.121 e. The van der Waals surface area contributed by atoms with Crippen molar-refractivity contribution in [2.75, 3.05) is 0 Å². The quantitative estimate of drug-likeness (QED) is 0.766. The highest BCUT2D eigenvalue weighted by molar-refractivity contribution is 5.38. The molecule has 0 radical (unpaired) electrons. The lowest BCUT2D eigenvalue weighted by atomic mass is 9.85. The molecular formula is C21H28O2. The van der Waals surface area contributed by atoms with Crippen molar-refractivity contribution in [1.29, 1.82) is 0 Å². The Morgan fingerprint density at radius 3 is 2.00 bits per heavy atom. The second-order valence-corrected chi connectivity index (χ2v) is 6.58. The largest absolute Gasteiger partial charge is 0.508 e. The number of hydrogen-bond acceptors (Lipinski definition) is 2. The van der Waals surface area contributed by atoms with E-state index in [0.29, 0.717) is 11.5 Å². The summed E-state index contributed by atoms with van der Waals surface area (Å²) in [7, 11) is 0. The van der Waals surface area contributed by atoms with Gasteiger partial charge in [0, 0.05) is 0 Å². The van der Waals surface area contributed by atoms with Gasteiger partial charge in [0.2, 0.25) is 0 Å². The summed E-state index contributed by atoms with van der Waals surface area (Å²) in [5.41, 5.74) is 3.00. The van der Waals surface area contributed by atoms with E-state index in [1.54, 1.807) is 6.07 Å². The SMILES string of the molecule is Cc1cccc(C)c1O.Oc1ccccc1CC1CCCCC1. The minimum atomic E-state index is 0.414. The van der Waals surface area contributed by atoms with Crippen molar-refractivity contribution in [2.45, 2.75) is 52.4 Å². The molecule has 0 spiro atoms. The maximum absolute atomic E-state index is 9.64. The van der Waals surface area contributed by atoms with E-state index in [1.807, 2.05) is 50.2 Å². The first-order valence-corrected chi connectivity index (χ1v) is 8.60. The number of para-hydroxylation sites is 2. The molecule has 2 heteroatoms. The van der Waals surface area contributed by atoms with Gasteiger partial charge < -0.3 is 10.2 Å². The van der Waals surface area contributed by atoms with Crippen molar-refractivity contribution in [3.8, 4) is 11.5 Å². The van der Waals surface area contributed by atoms with Gasteiger partial charge >= 0.3 is 0 Å². The van der Waals surface area contributed by atoms with Crippen LogP contribution in [0.2, 0.25) is 0 Å². The van der Waals surface area contributed by atoms with Gasteiger partial charge in [0.25, 0.3) is 0 Å². The minimum Gasteiger partial charge on any atom is -0.508 e. The fourth-order valence-electron chi connectivity index (χ4n) is 3.19. The molecular weight excluding hydrogens is 284 g/mol. The second kappa shape index (κ2) is 8.61. The Hall–Kier alpha value is -1.96. The number of benzene rings is 2. The van der Waals surface area contributed by atoms with E-state index in [-0.39, 0.29) is 0 Å². The molecule has 1 fully saturated rings. The zero-order valence-electron chi connectivity index (χ0n) is 14.3. The summed E-state index contributed by atoms with van der Waals surface area (Å²) >= 11 is 0. The first kappa shape index (κ1) is 17.4. The van der Waals surface area contributed by atoms with Crippen molar-refractivity contribution in [3.63, 3.8) is 0 Å². The molecule has 0 heterocycles. The smallest absolute Gasteiger partial charge is 0.121 e. The van der Waals surface area contributed by atoms with Gasteiger partial charge in [-0.1, -0.05) is 68.5 Å². The fourth-order valence-corrected chi connectivity index (χ4v) is 3.19. The van der Waals surface area contributed by atoms with Gasteiger partial charge in [-0.25, -0.2) is 0 Å². The number of rotatable bonds is 2. The van der Waals surface area contributed by atoms with Gasteiger partial charge in [0.1, 0.15) is 11.5 Å². The van der Waals surface area contributed by atoms with Crippen LogP contribution in [0.1, 0.15) is 48.8 Å². The lowest BCUT2D eigenvalue weighted by Crippen LogP contribution is -2.09. The average Bonchev–Trinajstić information content (AvgIpc) is 2.56. The molecule has 23 heavy (non-hydrogen) atoms. The Bertz CT molecular complexity index is 593. The average molecular weight is 312 g/mol. The van der Waals surface area contributed by atoms with Crippen LogP contribution in [0.4, 0.5) is 0 Å². The zero-order valence-corrected chi connectivity index (χ0v) is 14.3. The molecule has 3 rings (SSSR count). The van der Waals surface area contributed by atoms with Gasteiger partial charge in [-0.15, -0.1) is 0 Å². The van der Waals surface area contributed by atoms with E-state index in [2.05, 4.69) is 0 Å². The van der Waals surface area contributed by atoms with Gasteiger partial charge in [-0.2, -0.15) is 0 Å². The van der Waals surface area contributed by atoms with Crippen LogP contribution in [-0.4, -0.2) is 10.2 Å². The van der Waals surface area contributed by atoms with E-state index in [9.17, 15) is 10.2 Å². The summed E-state index contributed by atoms with van der Waals surface area (Å²) in [6, 6.07) is 13.5. The third-order valence-corrected chi connectivity index (χ3v) is 4.66. The first-order valence-electron chi connectivity index (χ1n) is 8.60. The minimum absolute atomic E-state index is 0.414. The summed E-state index contributed by atoms with van der Waals surface area (Å²) in [5, 5.41) is 18.8. The molecule has 0 unspecified atom stereocenters. The van der Waals surface area contributed by atoms with Crippen LogP contribution >= 0.6 is 0 Å². The lowest BCUT2D eigenvalue weighted by molar-refractivity contribution is 0.351. The molecule has 0 atom stereocenters. The number of aromatic hydroxyl groups is 2. The van der Waals surface area contributed by atoms with E-state index >= 15 is 0 Å². The highest BCUT2D eigenvalue weighted by Crippen LogP contribution is 2.29. The highest BCUT2D eigenvalue weighted by atomic mass is 16.3. The molecule has 2 nitrogen and oxygen atoms in total. The number of aryl methyl sites for hydroxylation is 2. The third kappa shape index (κ3) is 5.31. The highest BCUT2D eigenvalue weighted by Gasteiger charge is 2.14. The topological polar surface area (TPSA) is 40.5 Å². The Kier molecular flexibility index (Phi) is 6.52. The second-order valence-electron chi connectivity index (χ2n) is 6.58. The van der Waals surface area contributed by atoms with Crippen molar-refractivity contribution in [1.82, 2.24) is 0 Å². The van der Waals surface area contributed by atoms with Crippen LogP contribution in [0.25, 0.3) is 0 Å². The first-order chi connectivity index (χ1) is 11.1. The van der Waals surface area contributed by atoms with Gasteiger partial charge in [0.05, 0.1) is 0 Å². The molecule has 0 bridgehead atoms. The predicted octanol–water partition coefficient (Wildman–Crippen LogP) is 5.52. The van der Waals surface area contributed by atoms with Crippen molar-refractivity contribution >= 4 is 0 Å². The van der Waals surface area contributed by atoms with Crippen LogP contribution in [0.3, 0.4) is 0 Å². The normalized spacial score (nSPS) is 14.9.